The Morgan fingerprint density at radius 2 is 2.15 bits per heavy atom. The van der Waals surface area contributed by atoms with E-state index in [2.05, 4.69) is 20.6 Å². The number of rotatable bonds is 6. The predicted octanol–water partition coefficient (Wildman–Crippen LogP) is 4.32. The van der Waals surface area contributed by atoms with Crippen LogP contribution in [-0.2, 0) is 0 Å². The molecule has 0 amide bonds. The molecule has 3 heterocycles. The van der Waals surface area contributed by atoms with Gasteiger partial charge in [-0.3, -0.25) is 10.1 Å². The zero-order valence-corrected chi connectivity index (χ0v) is 15.3. The van der Waals surface area contributed by atoms with Gasteiger partial charge in [0.15, 0.2) is 11.5 Å². The quantitative estimate of drug-likeness (QED) is 0.395. The molecule has 27 heavy (non-hydrogen) atoms. The van der Waals surface area contributed by atoms with Crippen LogP contribution in [0.3, 0.4) is 0 Å². The summed E-state index contributed by atoms with van der Waals surface area (Å²) in [6, 6.07) is 12.2. The molecule has 4 rings (SSSR count). The van der Waals surface area contributed by atoms with Gasteiger partial charge in [0.05, 0.1) is 11.0 Å². The van der Waals surface area contributed by atoms with E-state index in [-0.39, 0.29) is 16.7 Å². The number of nitrogens with one attached hydrogen (secondary N) is 1. The van der Waals surface area contributed by atoms with E-state index in [9.17, 15) is 10.1 Å². The minimum atomic E-state index is -0.384. The Kier molecular flexibility index (Phi) is 4.51. The van der Waals surface area contributed by atoms with Gasteiger partial charge in [-0.25, -0.2) is 0 Å². The van der Waals surface area contributed by atoms with Crippen molar-refractivity contribution >= 4 is 28.5 Å². The van der Waals surface area contributed by atoms with Crippen LogP contribution in [0, 0.1) is 10.1 Å². The number of hydrogen-bond acceptors (Lipinski definition) is 7. The number of fused-ring (bicyclic) bond motifs is 1. The molecule has 0 saturated heterocycles. The van der Waals surface area contributed by atoms with E-state index in [4.69, 9.17) is 0 Å². The highest BCUT2D eigenvalue weighted by Crippen LogP contribution is 2.26. The molecule has 4 aromatic rings. The summed E-state index contributed by atoms with van der Waals surface area (Å²) >= 11 is 1.59. The van der Waals surface area contributed by atoms with Crippen LogP contribution in [0.15, 0.2) is 53.2 Å². The van der Waals surface area contributed by atoms with Gasteiger partial charge < -0.3 is 5.32 Å². The molecule has 0 aliphatic carbocycles. The van der Waals surface area contributed by atoms with Gasteiger partial charge in [0.2, 0.25) is 0 Å². The Morgan fingerprint density at radius 1 is 1.26 bits per heavy atom. The van der Waals surface area contributed by atoms with Crippen LogP contribution in [0.25, 0.3) is 17.0 Å². The van der Waals surface area contributed by atoms with Gasteiger partial charge in [0, 0.05) is 23.1 Å². The fourth-order valence-corrected chi connectivity index (χ4v) is 3.53. The monoisotopic (exact) mass is 380 g/mol. The first kappa shape index (κ1) is 17.1. The van der Waals surface area contributed by atoms with Gasteiger partial charge in [-0.2, -0.15) is 15.9 Å². The molecule has 0 spiro atoms. The summed E-state index contributed by atoms with van der Waals surface area (Å²) in [4.78, 5) is 10.7. The van der Waals surface area contributed by atoms with Crippen molar-refractivity contribution in [2.24, 2.45) is 0 Å². The summed E-state index contributed by atoms with van der Waals surface area (Å²) in [6.45, 7) is 2.02. The van der Waals surface area contributed by atoms with E-state index in [0.29, 0.717) is 17.3 Å². The lowest BCUT2D eigenvalue weighted by atomic mass is 10.0. The van der Waals surface area contributed by atoms with Crippen LogP contribution in [-0.4, -0.2) is 24.7 Å². The second-order valence-corrected chi connectivity index (χ2v) is 6.76. The number of nitro benzene ring substituents is 1. The predicted molar refractivity (Wildman–Crippen MR) is 104 cm³/mol. The normalized spacial score (nSPS) is 12.2. The van der Waals surface area contributed by atoms with Crippen LogP contribution in [0.4, 0.5) is 11.5 Å². The highest BCUT2D eigenvalue weighted by atomic mass is 32.1. The Hall–Kier alpha value is -3.33. The number of benzene rings is 1. The van der Waals surface area contributed by atoms with Crippen molar-refractivity contribution in [1.29, 1.82) is 0 Å². The van der Waals surface area contributed by atoms with Gasteiger partial charge in [-0.05, 0) is 35.6 Å². The zero-order valence-electron chi connectivity index (χ0n) is 14.4. The molecule has 0 aliphatic heterocycles. The maximum atomic E-state index is 11.0. The number of aromatic nitrogens is 4. The summed E-state index contributed by atoms with van der Waals surface area (Å²) in [5.41, 5.74) is 2.54. The lowest BCUT2D eigenvalue weighted by Crippen LogP contribution is -2.12. The van der Waals surface area contributed by atoms with Crippen LogP contribution in [0.2, 0.25) is 0 Å². The summed E-state index contributed by atoms with van der Waals surface area (Å²) in [7, 11) is 0. The molecule has 9 heteroatoms. The van der Waals surface area contributed by atoms with Crippen molar-refractivity contribution < 1.29 is 4.92 Å². The number of nitrogens with zero attached hydrogens (tertiary/aromatic N) is 5. The second kappa shape index (κ2) is 7.12. The van der Waals surface area contributed by atoms with E-state index in [1.54, 1.807) is 28.0 Å². The average Bonchev–Trinajstić information content (AvgIpc) is 3.35. The van der Waals surface area contributed by atoms with Gasteiger partial charge in [-0.15, -0.1) is 15.3 Å². The van der Waals surface area contributed by atoms with E-state index in [1.807, 2.05) is 41.9 Å². The van der Waals surface area contributed by atoms with Crippen LogP contribution >= 0.6 is 11.3 Å². The van der Waals surface area contributed by atoms with Crippen molar-refractivity contribution in [3.05, 3.63) is 68.9 Å². The van der Waals surface area contributed by atoms with E-state index in [1.165, 1.54) is 6.07 Å². The van der Waals surface area contributed by atoms with Gasteiger partial charge in [-0.1, -0.05) is 19.1 Å². The molecule has 0 radical (unpaired) electrons. The topological polar surface area (TPSA) is 98.2 Å². The molecule has 1 N–H and O–H groups in total. The average molecular weight is 380 g/mol. The molecule has 0 bridgehead atoms. The minimum Gasteiger partial charge on any atom is -0.362 e. The molecule has 3 aromatic heterocycles. The lowest BCUT2D eigenvalue weighted by Gasteiger charge is -2.18. The first-order chi connectivity index (χ1) is 13.2. The molecule has 0 fully saturated rings. The third-order valence-electron chi connectivity index (χ3n) is 4.26. The first-order valence-electron chi connectivity index (χ1n) is 8.41. The Bertz CT molecular complexity index is 1090. The first-order valence-corrected chi connectivity index (χ1v) is 9.36. The molecule has 1 atom stereocenters. The highest BCUT2D eigenvalue weighted by Gasteiger charge is 2.15. The SMILES string of the molecule is CCC(Nc1ccc2nnc(-c3ccsc3)n2n1)c1cccc([N+](=O)[O-])c1. The fraction of sp³-hybridized carbons (Fsp3) is 0.167. The third-order valence-corrected chi connectivity index (χ3v) is 4.94. The Labute approximate surface area is 158 Å². The standard InChI is InChI=1S/C18H16N6O2S/c1-2-15(12-4-3-5-14(10-12)24(25)26)19-16-6-7-17-20-21-18(23(17)22-16)13-8-9-27-11-13/h3-11,15H,2H2,1H3,(H,19,22). The van der Waals surface area contributed by atoms with Gasteiger partial charge in [0.1, 0.15) is 5.82 Å². The highest BCUT2D eigenvalue weighted by molar-refractivity contribution is 7.08. The smallest absolute Gasteiger partial charge is 0.269 e. The number of thiophene rings is 1. The number of hydrogen-bond donors (Lipinski definition) is 1. The summed E-state index contributed by atoms with van der Waals surface area (Å²) in [5, 5.41) is 31.4. The minimum absolute atomic E-state index is 0.0784. The van der Waals surface area contributed by atoms with E-state index < -0.39 is 0 Å². The second-order valence-electron chi connectivity index (χ2n) is 5.98. The fourth-order valence-electron chi connectivity index (χ4n) is 2.89. The number of anilines is 1. The van der Waals surface area contributed by atoms with Crippen molar-refractivity contribution in [2.75, 3.05) is 5.32 Å². The van der Waals surface area contributed by atoms with Crippen LogP contribution in [0.5, 0.6) is 0 Å². The largest absolute Gasteiger partial charge is 0.362 e. The molecular formula is C18H16N6O2S. The van der Waals surface area contributed by atoms with E-state index >= 15 is 0 Å². The summed E-state index contributed by atoms with van der Waals surface area (Å²) in [6.07, 6.45) is 0.750. The molecular weight excluding hydrogens is 364 g/mol. The number of non-ortho nitro benzene ring substituents is 1. The third kappa shape index (κ3) is 3.36. The Morgan fingerprint density at radius 3 is 2.89 bits per heavy atom. The molecule has 1 unspecified atom stereocenters. The summed E-state index contributed by atoms with van der Waals surface area (Å²) in [5.74, 6) is 1.33. The number of nitro groups is 1. The van der Waals surface area contributed by atoms with Gasteiger partial charge >= 0.3 is 0 Å². The molecule has 1 aromatic carbocycles. The molecule has 8 nitrogen and oxygen atoms in total. The molecule has 0 aliphatic rings. The summed E-state index contributed by atoms with van der Waals surface area (Å²) < 4.78 is 1.70. The van der Waals surface area contributed by atoms with Crippen molar-refractivity contribution in [3.8, 4) is 11.4 Å². The van der Waals surface area contributed by atoms with Crippen molar-refractivity contribution in [1.82, 2.24) is 19.8 Å². The van der Waals surface area contributed by atoms with Crippen molar-refractivity contribution in [3.63, 3.8) is 0 Å². The van der Waals surface area contributed by atoms with Crippen LogP contribution in [0.1, 0.15) is 24.9 Å². The lowest BCUT2D eigenvalue weighted by molar-refractivity contribution is -0.384. The zero-order chi connectivity index (χ0) is 18.8. The van der Waals surface area contributed by atoms with E-state index in [0.717, 1.165) is 17.5 Å². The van der Waals surface area contributed by atoms with Crippen molar-refractivity contribution in [2.45, 2.75) is 19.4 Å². The van der Waals surface area contributed by atoms with Crippen LogP contribution < -0.4 is 5.32 Å². The Balaban J connectivity index is 1.66. The maximum Gasteiger partial charge on any atom is 0.269 e. The molecule has 136 valence electrons. The molecule has 0 saturated carbocycles. The maximum absolute atomic E-state index is 11.0. The van der Waals surface area contributed by atoms with Gasteiger partial charge in [0.25, 0.3) is 5.69 Å².